The van der Waals surface area contributed by atoms with Crippen LogP contribution in [0.2, 0.25) is 0 Å². The SMILES string of the molecule is CCOc1ccccc1N(CC(=O)N(C)Cc1ccccc1)C(C)=O. The van der Waals surface area contributed by atoms with Crippen molar-refractivity contribution in [3.8, 4) is 5.75 Å². The van der Waals surface area contributed by atoms with Gasteiger partial charge >= 0.3 is 0 Å². The van der Waals surface area contributed by atoms with Crippen LogP contribution in [-0.2, 0) is 16.1 Å². The molecule has 2 aromatic rings. The monoisotopic (exact) mass is 340 g/mol. The molecule has 0 aliphatic carbocycles. The van der Waals surface area contributed by atoms with E-state index in [0.717, 1.165) is 5.56 Å². The molecule has 0 atom stereocenters. The van der Waals surface area contributed by atoms with Gasteiger partial charge in [-0.25, -0.2) is 0 Å². The number of nitrogens with zero attached hydrogens (tertiary/aromatic N) is 2. The molecule has 0 unspecified atom stereocenters. The summed E-state index contributed by atoms with van der Waals surface area (Å²) in [6.45, 7) is 4.30. The van der Waals surface area contributed by atoms with Gasteiger partial charge in [-0.3, -0.25) is 14.5 Å². The zero-order chi connectivity index (χ0) is 18.2. The van der Waals surface area contributed by atoms with Crippen molar-refractivity contribution < 1.29 is 14.3 Å². The van der Waals surface area contributed by atoms with Crippen LogP contribution in [0.25, 0.3) is 0 Å². The second-order valence-electron chi connectivity index (χ2n) is 5.74. The Morgan fingerprint density at radius 1 is 1.00 bits per heavy atom. The standard InChI is InChI=1S/C20H24N2O3/c1-4-25-19-13-9-8-12-18(19)22(16(2)23)15-20(24)21(3)14-17-10-6-5-7-11-17/h5-13H,4,14-15H2,1-3H3. The molecule has 0 bridgehead atoms. The molecule has 5 nitrogen and oxygen atoms in total. The summed E-state index contributed by atoms with van der Waals surface area (Å²) in [6.07, 6.45) is 0. The van der Waals surface area contributed by atoms with Crippen molar-refractivity contribution in [2.24, 2.45) is 0 Å². The van der Waals surface area contributed by atoms with Crippen molar-refractivity contribution in [1.82, 2.24) is 4.90 Å². The summed E-state index contributed by atoms with van der Waals surface area (Å²) in [4.78, 5) is 27.8. The molecule has 0 heterocycles. The second-order valence-corrected chi connectivity index (χ2v) is 5.74. The Morgan fingerprint density at radius 3 is 2.28 bits per heavy atom. The average Bonchev–Trinajstić information content (AvgIpc) is 2.61. The maximum Gasteiger partial charge on any atom is 0.242 e. The van der Waals surface area contributed by atoms with E-state index in [0.29, 0.717) is 24.6 Å². The van der Waals surface area contributed by atoms with E-state index in [-0.39, 0.29) is 18.4 Å². The van der Waals surface area contributed by atoms with Gasteiger partial charge in [0.1, 0.15) is 12.3 Å². The van der Waals surface area contributed by atoms with E-state index < -0.39 is 0 Å². The van der Waals surface area contributed by atoms with Crippen molar-refractivity contribution in [1.29, 1.82) is 0 Å². The quantitative estimate of drug-likeness (QED) is 0.778. The molecule has 0 aliphatic heterocycles. The van der Waals surface area contributed by atoms with Gasteiger partial charge in [-0.15, -0.1) is 0 Å². The topological polar surface area (TPSA) is 49.9 Å². The predicted molar refractivity (Wildman–Crippen MR) is 98.6 cm³/mol. The van der Waals surface area contributed by atoms with Crippen molar-refractivity contribution in [2.45, 2.75) is 20.4 Å². The molecule has 2 rings (SSSR count). The highest BCUT2D eigenvalue weighted by Crippen LogP contribution is 2.28. The first-order chi connectivity index (χ1) is 12.0. The molecular formula is C20H24N2O3. The molecule has 0 aromatic heterocycles. The Labute approximate surface area is 148 Å². The van der Waals surface area contributed by atoms with Gasteiger partial charge in [-0.05, 0) is 24.6 Å². The molecule has 0 saturated carbocycles. The van der Waals surface area contributed by atoms with E-state index in [2.05, 4.69) is 0 Å². The molecule has 5 heteroatoms. The smallest absolute Gasteiger partial charge is 0.242 e. The number of para-hydroxylation sites is 2. The molecule has 0 spiro atoms. The molecule has 0 radical (unpaired) electrons. The molecule has 0 aliphatic rings. The summed E-state index contributed by atoms with van der Waals surface area (Å²) < 4.78 is 5.59. The third-order valence-corrected chi connectivity index (χ3v) is 3.82. The zero-order valence-electron chi connectivity index (χ0n) is 14.9. The van der Waals surface area contributed by atoms with Gasteiger partial charge in [0.05, 0.1) is 12.3 Å². The van der Waals surface area contributed by atoms with E-state index in [4.69, 9.17) is 4.74 Å². The van der Waals surface area contributed by atoms with Crippen LogP contribution in [0.4, 0.5) is 5.69 Å². The molecule has 2 amide bonds. The van der Waals surface area contributed by atoms with Gasteiger partial charge in [0.25, 0.3) is 0 Å². The number of carbonyl (C=O) groups is 2. The number of anilines is 1. The minimum Gasteiger partial charge on any atom is -0.492 e. The van der Waals surface area contributed by atoms with Crippen LogP contribution in [0.15, 0.2) is 54.6 Å². The van der Waals surface area contributed by atoms with Crippen LogP contribution < -0.4 is 9.64 Å². The highest BCUT2D eigenvalue weighted by molar-refractivity contribution is 5.98. The van der Waals surface area contributed by atoms with Crippen molar-refractivity contribution in [2.75, 3.05) is 25.1 Å². The fourth-order valence-electron chi connectivity index (χ4n) is 2.53. The predicted octanol–water partition coefficient (Wildman–Crippen LogP) is 3.10. The Morgan fingerprint density at radius 2 is 1.64 bits per heavy atom. The Bertz CT molecular complexity index is 716. The lowest BCUT2D eigenvalue weighted by atomic mass is 10.2. The number of hydrogen-bond acceptors (Lipinski definition) is 3. The summed E-state index contributed by atoms with van der Waals surface area (Å²) in [7, 11) is 1.74. The van der Waals surface area contributed by atoms with E-state index in [1.54, 1.807) is 24.1 Å². The number of rotatable bonds is 7. The normalized spacial score (nSPS) is 10.2. The lowest BCUT2D eigenvalue weighted by Gasteiger charge is -2.26. The lowest BCUT2D eigenvalue weighted by molar-refractivity contribution is -0.130. The summed E-state index contributed by atoms with van der Waals surface area (Å²) in [5.41, 5.74) is 1.65. The average molecular weight is 340 g/mol. The Hall–Kier alpha value is -2.82. The molecule has 2 aromatic carbocycles. The summed E-state index contributed by atoms with van der Waals surface area (Å²) >= 11 is 0. The fraction of sp³-hybridized carbons (Fsp3) is 0.300. The first kappa shape index (κ1) is 18.5. The molecule has 0 N–H and O–H groups in total. The fourth-order valence-corrected chi connectivity index (χ4v) is 2.53. The first-order valence-electron chi connectivity index (χ1n) is 8.30. The highest BCUT2D eigenvalue weighted by atomic mass is 16.5. The van der Waals surface area contributed by atoms with Gasteiger partial charge in [0.2, 0.25) is 11.8 Å². The van der Waals surface area contributed by atoms with Gasteiger partial charge < -0.3 is 9.64 Å². The van der Waals surface area contributed by atoms with Crippen LogP contribution in [0.1, 0.15) is 19.4 Å². The number of ether oxygens (including phenoxy) is 1. The minimum absolute atomic E-state index is 0.0250. The van der Waals surface area contributed by atoms with E-state index in [9.17, 15) is 9.59 Å². The Balaban J connectivity index is 2.13. The van der Waals surface area contributed by atoms with E-state index in [1.165, 1.54) is 11.8 Å². The molecule has 132 valence electrons. The minimum atomic E-state index is -0.200. The maximum atomic E-state index is 12.6. The Kier molecular flexibility index (Phi) is 6.57. The number of benzene rings is 2. The molecule has 0 saturated heterocycles. The van der Waals surface area contributed by atoms with Crippen LogP contribution in [0.5, 0.6) is 5.75 Å². The maximum absolute atomic E-state index is 12.6. The number of likely N-dealkylation sites (N-methyl/N-ethyl adjacent to an activating group) is 1. The third-order valence-electron chi connectivity index (χ3n) is 3.82. The second kappa shape index (κ2) is 8.87. The van der Waals surface area contributed by atoms with Gasteiger partial charge in [0, 0.05) is 20.5 Å². The van der Waals surface area contributed by atoms with Crippen LogP contribution in [-0.4, -0.2) is 36.9 Å². The molecule has 25 heavy (non-hydrogen) atoms. The number of carbonyl (C=O) groups excluding carboxylic acids is 2. The zero-order valence-corrected chi connectivity index (χ0v) is 14.9. The summed E-state index contributed by atoms with van der Waals surface area (Å²) in [5.74, 6) is 0.262. The van der Waals surface area contributed by atoms with Crippen LogP contribution >= 0.6 is 0 Å². The number of hydrogen-bond donors (Lipinski definition) is 0. The van der Waals surface area contributed by atoms with Crippen molar-refractivity contribution >= 4 is 17.5 Å². The van der Waals surface area contributed by atoms with Crippen molar-refractivity contribution in [3.05, 3.63) is 60.2 Å². The third kappa shape index (κ3) is 5.08. The highest BCUT2D eigenvalue weighted by Gasteiger charge is 2.21. The van der Waals surface area contributed by atoms with Crippen molar-refractivity contribution in [3.63, 3.8) is 0 Å². The van der Waals surface area contributed by atoms with Crippen LogP contribution in [0, 0.1) is 0 Å². The lowest BCUT2D eigenvalue weighted by Crippen LogP contribution is -2.40. The van der Waals surface area contributed by atoms with Gasteiger partial charge in [-0.2, -0.15) is 0 Å². The summed E-state index contributed by atoms with van der Waals surface area (Å²) in [6, 6.07) is 17.0. The van der Waals surface area contributed by atoms with E-state index >= 15 is 0 Å². The summed E-state index contributed by atoms with van der Waals surface area (Å²) in [5, 5.41) is 0. The molecule has 0 fully saturated rings. The van der Waals surface area contributed by atoms with Gasteiger partial charge in [-0.1, -0.05) is 42.5 Å². The van der Waals surface area contributed by atoms with Gasteiger partial charge in [0.15, 0.2) is 0 Å². The van der Waals surface area contributed by atoms with E-state index in [1.807, 2.05) is 49.4 Å². The first-order valence-corrected chi connectivity index (χ1v) is 8.30. The van der Waals surface area contributed by atoms with Crippen LogP contribution in [0.3, 0.4) is 0 Å². The number of amides is 2. The molecular weight excluding hydrogens is 316 g/mol. The largest absolute Gasteiger partial charge is 0.492 e.